The summed E-state index contributed by atoms with van der Waals surface area (Å²) in [5, 5.41) is 7.52. The number of benzene rings is 2. The Hall–Kier alpha value is -2.34. The van der Waals surface area contributed by atoms with E-state index in [0.29, 0.717) is 13.2 Å². The third-order valence-corrected chi connectivity index (χ3v) is 3.62. The molecule has 0 saturated carbocycles. The number of aromatic nitrogens is 3. The van der Waals surface area contributed by atoms with Crippen LogP contribution in [0.4, 0.5) is 0 Å². The summed E-state index contributed by atoms with van der Waals surface area (Å²) in [5.74, 6) is 0.854. The van der Waals surface area contributed by atoms with Crippen molar-refractivity contribution >= 4 is 15.9 Å². The van der Waals surface area contributed by atoms with E-state index in [1.165, 1.54) is 0 Å². The van der Waals surface area contributed by atoms with E-state index in [-0.39, 0.29) is 0 Å². The highest BCUT2D eigenvalue weighted by molar-refractivity contribution is 9.10. The molecule has 0 atom stereocenters. The first kappa shape index (κ1) is 14.6. The number of halogens is 1. The van der Waals surface area contributed by atoms with Gasteiger partial charge < -0.3 is 10.2 Å². The highest BCUT2D eigenvalue weighted by atomic mass is 79.9. The van der Waals surface area contributed by atoms with Crippen LogP contribution >= 0.6 is 15.9 Å². The number of nitrogens with one attached hydrogen (secondary N) is 1. The van der Waals surface area contributed by atoms with Gasteiger partial charge in [0.2, 0.25) is 0 Å². The molecule has 0 amide bonds. The van der Waals surface area contributed by atoms with Gasteiger partial charge >= 0.3 is 0 Å². The fraction of sp³-hybridized carbons (Fsp3) is 0.125. The number of hydrogen-bond acceptors (Lipinski definition) is 4. The van der Waals surface area contributed by atoms with Crippen molar-refractivity contribution in [2.75, 3.05) is 5.43 Å². The Kier molecular flexibility index (Phi) is 4.70. The van der Waals surface area contributed by atoms with Crippen molar-refractivity contribution in [3.05, 3.63) is 76.8 Å². The molecule has 112 valence electrons. The van der Waals surface area contributed by atoms with E-state index < -0.39 is 0 Å². The Morgan fingerprint density at radius 1 is 1.05 bits per heavy atom. The van der Waals surface area contributed by atoms with Crippen molar-refractivity contribution in [3.8, 4) is 5.75 Å². The van der Waals surface area contributed by atoms with Crippen LogP contribution < -0.4 is 10.2 Å². The molecule has 0 saturated heterocycles. The van der Waals surface area contributed by atoms with E-state index in [1.807, 2.05) is 48.5 Å². The van der Waals surface area contributed by atoms with Gasteiger partial charge in [0.1, 0.15) is 25.0 Å². The Bertz CT molecular complexity index is 716. The lowest BCUT2D eigenvalue weighted by molar-refractivity contribution is 0.303. The lowest BCUT2D eigenvalue weighted by atomic mass is 10.2. The van der Waals surface area contributed by atoms with Crippen LogP contribution in [-0.4, -0.2) is 14.9 Å². The van der Waals surface area contributed by atoms with Crippen LogP contribution in [0.2, 0.25) is 0 Å². The molecule has 0 aliphatic heterocycles. The van der Waals surface area contributed by atoms with Gasteiger partial charge in [-0.05, 0) is 23.8 Å². The van der Waals surface area contributed by atoms with Crippen LogP contribution in [0.3, 0.4) is 0 Å². The molecule has 3 aromatic rings. The first-order valence-corrected chi connectivity index (χ1v) is 7.64. The van der Waals surface area contributed by atoms with Gasteiger partial charge in [0.15, 0.2) is 0 Å². The molecule has 0 radical (unpaired) electrons. The molecule has 0 aliphatic rings. The van der Waals surface area contributed by atoms with Gasteiger partial charge in [0, 0.05) is 10.0 Å². The fourth-order valence-electron chi connectivity index (χ4n) is 2.02. The first-order valence-electron chi connectivity index (χ1n) is 6.85. The Balaban J connectivity index is 1.70. The largest absolute Gasteiger partial charge is 0.489 e. The second kappa shape index (κ2) is 7.09. The summed E-state index contributed by atoms with van der Waals surface area (Å²) in [6.07, 6.45) is 3.23. The quantitative estimate of drug-likeness (QED) is 0.733. The summed E-state index contributed by atoms with van der Waals surface area (Å²) >= 11 is 3.50. The molecule has 1 N–H and O–H groups in total. The van der Waals surface area contributed by atoms with Gasteiger partial charge in [-0.25, -0.2) is 4.68 Å². The number of rotatable bonds is 6. The summed E-state index contributed by atoms with van der Waals surface area (Å²) in [6.45, 7) is 1.16. The molecule has 22 heavy (non-hydrogen) atoms. The summed E-state index contributed by atoms with van der Waals surface area (Å²) in [5.41, 5.74) is 5.39. The van der Waals surface area contributed by atoms with Crippen LogP contribution in [0.1, 0.15) is 11.1 Å². The number of hydrogen-bond donors (Lipinski definition) is 1. The van der Waals surface area contributed by atoms with E-state index in [0.717, 1.165) is 21.3 Å². The average Bonchev–Trinajstić information content (AvgIpc) is 3.06. The van der Waals surface area contributed by atoms with Crippen LogP contribution in [0.5, 0.6) is 5.75 Å². The van der Waals surface area contributed by atoms with Gasteiger partial charge in [0.25, 0.3) is 0 Å². The molecular weight excluding hydrogens is 344 g/mol. The molecule has 0 spiro atoms. The van der Waals surface area contributed by atoms with E-state index in [9.17, 15) is 0 Å². The molecule has 1 aromatic heterocycles. The van der Waals surface area contributed by atoms with Crippen LogP contribution in [0.25, 0.3) is 0 Å². The molecule has 0 fully saturated rings. The average molecular weight is 359 g/mol. The number of ether oxygens (including phenoxy) is 1. The molecule has 0 bridgehead atoms. The molecule has 0 aliphatic carbocycles. The topological polar surface area (TPSA) is 52.0 Å². The minimum Gasteiger partial charge on any atom is -0.489 e. The smallest absolute Gasteiger partial charge is 0.138 e. The minimum absolute atomic E-state index is 0.544. The van der Waals surface area contributed by atoms with E-state index in [1.54, 1.807) is 17.3 Å². The Labute approximate surface area is 137 Å². The Morgan fingerprint density at radius 3 is 2.59 bits per heavy atom. The molecular formula is C16H15BrN4O. The molecule has 6 heteroatoms. The van der Waals surface area contributed by atoms with Gasteiger partial charge in [-0.3, -0.25) is 0 Å². The van der Waals surface area contributed by atoms with Gasteiger partial charge in [-0.2, -0.15) is 0 Å². The standard InChI is InChI=1S/C16H15BrN4O/c17-15-6-7-16(22-10-13-4-2-1-3-5-13)14(8-15)9-20-21-11-18-19-12-21/h1-8,11-12,20H,9-10H2. The maximum atomic E-state index is 5.95. The SMILES string of the molecule is Brc1ccc(OCc2ccccc2)c(CNn2cnnc2)c1. The van der Waals surface area contributed by atoms with Crippen molar-refractivity contribution in [3.63, 3.8) is 0 Å². The molecule has 1 heterocycles. The second-order valence-corrected chi connectivity index (χ2v) is 5.65. The first-order chi connectivity index (χ1) is 10.8. The lowest BCUT2D eigenvalue weighted by Gasteiger charge is -2.13. The van der Waals surface area contributed by atoms with E-state index in [4.69, 9.17) is 4.74 Å². The van der Waals surface area contributed by atoms with Crippen molar-refractivity contribution in [2.45, 2.75) is 13.2 Å². The predicted molar refractivity (Wildman–Crippen MR) is 88.0 cm³/mol. The predicted octanol–water partition coefficient (Wildman–Crippen LogP) is 3.36. The highest BCUT2D eigenvalue weighted by Crippen LogP contribution is 2.24. The molecule has 0 unspecified atom stereocenters. The zero-order chi connectivity index (χ0) is 15.2. The zero-order valence-electron chi connectivity index (χ0n) is 11.8. The van der Waals surface area contributed by atoms with Crippen molar-refractivity contribution in [2.24, 2.45) is 0 Å². The summed E-state index contributed by atoms with van der Waals surface area (Å²) < 4.78 is 8.67. The maximum Gasteiger partial charge on any atom is 0.138 e. The number of nitrogens with zero attached hydrogens (tertiary/aromatic N) is 3. The summed E-state index contributed by atoms with van der Waals surface area (Å²) in [6, 6.07) is 16.1. The fourth-order valence-corrected chi connectivity index (χ4v) is 2.43. The van der Waals surface area contributed by atoms with Gasteiger partial charge in [0.05, 0.1) is 6.54 Å². The van der Waals surface area contributed by atoms with Crippen LogP contribution in [0.15, 0.2) is 65.7 Å². The monoisotopic (exact) mass is 358 g/mol. The highest BCUT2D eigenvalue weighted by Gasteiger charge is 2.05. The second-order valence-electron chi connectivity index (χ2n) is 4.73. The lowest BCUT2D eigenvalue weighted by Crippen LogP contribution is -2.13. The molecule has 5 nitrogen and oxygen atoms in total. The van der Waals surface area contributed by atoms with Crippen LogP contribution in [-0.2, 0) is 13.2 Å². The van der Waals surface area contributed by atoms with Crippen molar-refractivity contribution in [1.29, 1.82) is 0 Å². The molecule has 2 aromatic carbocycles. The zero-order valence-corrected chi connectivity index (χ0v) is 13.4. The summed E-state index contributed by atoms with van der Waals surface area (Å²) in [7, 11) is 0. The van der Waals surface area contributed by atoms with Gasteiger partial charge in [-0.15, -0.1) is 10.2 Å². The normalized spacial score (nSPS) is 10.4. The molecule has 3 rings (SSSR count). The van der Waals surface area contributed by atoms with Gasteiger partial charge in [-0.1, -0.05) is 46.3 Å². The minimum atomic E-state index is 0.544. The van der Waals surface area contributed by atoms with Crippen molar-refractivity contribution in [1.82, 2.24) is 14.9 Å². The third-order valence-electron chi connectivity index (χ3n) is 3.13. The third kappa shape index (κ3) is 3.85. The van der Waals surface area contributed by atoms with Crippen molar-refractivity contribution < 1.29 is 4.74 Å². The Morgan fingerprint density at radius 2 is 1.82 bits per heavy atom. The van der Waals surface area contributed by atoms with Crippen LogP contribution in [0, 0.1) is 0 Å². The maximum absolute atomic E-state index is 5.95. The van der Waals surface area contributed by atoms with E-state index >= 15 is 0 Å². The van der Waals surface area contributed by atoms with E-state index in [2.05, 4.69) is 31.6 Å². The summed E-state index contributed by atoms with van der Waals surface area (Å²) in [4.78, 5) is 0.